The van der Waals surface area contributed by atoms with Gasteiger partial charge < -0.3 is 32.5 Å². The lowest BCUT2D eigenvalue weighted by Crippen LogP contribution is -2.25. The minimum Gasteiger partial charge on any atom is -0.481 e. The summed E-state index contributed by atoms with van der Waals surface area (Å²) in [5.74, 6) is -3.30. The van der Waals surface area contributed by atoms with Gasteiger partial charge in [-0.25, -0.2) is 0 Å². The number of aliphatic carboxylic acids is 3. The monoisotopic (exact) mass is 327 g/mol. The second-order valence-electron chi connectivity index (χ2n) is 3.39. The lowest BCUT2D eigenvalue weighted by atomic mass is 10.4. The molecule has 132 valence electrons. The van der Waals surface area contributed by atoms with Crippen LogP contribution in [0, 0.1) is 0 Å². The van der Waals surface area contributed by atoms with Gasteiger partial charge in [-0.3, -0.25) is 24.0 Å². The Morgan fingerprint density at radius 2 is 0.773 bits per heavy atom. The Labute approximate surface area is 128 Å². The number of carbonyl (C=O) groups excluding carboxylic acids is 2. The van der Waals surface area contributed by atoms with Gasteiger partial charge in [0.25, 0.3) is 11.9 Å². The lowest BCUT2D eigenvalue weighted by molar-refractivity contribution is -0.138. The molecule has 0 saturated heterocycles. The van der Waals surface area contributed by atoms with Crippen molar-refractivity contribution in [3.63, 3.8) is 0 Å². The number of carbonyl (C=O) groups is 5. The predicted molar refractivity (Wildman–Crippen MR) is 77.6 cm³/mol. The van der Waals surface area contributed by atoms with E-state index in [0.29, 0.717) is 0 Å². The van der Waals surface area contributed by atoms with Crippen molar-refractivity contribution in [3.05, 3.63) is 0 Å². The number of hydrogen-bond acceptors (Lipinski definition) is 6. The van der Waals surface area contributed by atoms with Gasteiger partial charge >= 0.3 is 5.97 Å². The molecule has 0 rings (SSSR count). The summed E-state index contributed by atoms with van der Waals surface area (Å²) in [6.45, 7) is 6.20. The van der Waals surface area contributed by atoms with Gasteiger partial charge in [0, 0.05) is 27.7 Å². The van der Waals surface area contributed by atoms with Crippen LogP contribution in [0.5, 0.6) is 0 Å². The average Bonchev–Trinajstić information content (AvgIpc) is 2.12. The summed E-state index contributed by atoms with van der Waals surface area (Å²) in [5.41, 5.74) is 13.8. The van der Waals surface area contributed by atoms with Crippen LogP contribution in [-0.2, 0) is 24.0 Å². The Morgan fingerprint density at radius 1 is 0.727 bits per heavy atom. The molecule has 22 heavy (non-hydrogen) atoms. The fourth-order valence-corrected chi connectivity index (χ4v) is 0. The Hall–Kier alpha value is -2.69. The number of carboxylic acids is 3. The van der Waals surface area contributed by atoms with Crippen LogP contribution in [0.1, 0.15) is 34.6 Å². The molecule has 0 unspecified atom stereocenters. The zero-order chi connectivity index (χ0) is 19.5. The van der Waals surface area contributed by atoms with Gasteiger partial charge in [0.2, 0.25) is 11.8 Å². The molecule has 0 aliphatic heterocycles. The molecule has 0 aliphatic rings. The smallest absolute Gasteiger partial charge is 0.320 e. The molecule has 2 amide bonds. The molecule has 0 fully saturated rings. The van der Waals surface area contributed by atoms with Crippen molar-refractivity contribution in [1.82, 2.24) is 0 Å². The van der Waals surface area contributed by atoms with Gasteiger partial charge in [0.05, 0.1) is 0 Å². The van der Waals surface area contributed by atoms with E-state index >= 15 is 0 Å². The summed E-state index contributed by atoms with van der Waals surface area (Å²) < 4.78 is 0. The summed E-state index contributed by atoms with van der Waals surface area (Å²) >= 11 is 0. The number of carboxylic acid groups (broad SMARTS) is 3. The molecule has 0 saturated carbocycles. The van der Waals surface area contributed by atoms with Gasteiger partial charge in [-0.1, -0.05) is 0 Å². The Morgan fingerprint density at radius 3 is 0.773 bits per heavy atom. The van der Waals surface area contributed by atoms with Gasteiger partial charge in [-0.15, -0.1) is 0 Å². The molecular weight excluding hydrogens is 302 g/mol. The second kappa shape index (κ2) is 23.4. The highest BCUT2D eigenvalue weighted by Gasteiger charge is 1.99. The number of nitrogens with two attached hydrogens (primary N) is 3. The quantitative estimate of drug-likeness (QED) is 0.332. The standard InChI is InChI=1S/C3H7NO2.2C2H5NO.2C2H4O2/c1-2(4)3(5)6;4*1-2(3)4/h2H,4H2,1H3,(H,5,6);2*1H3,(H2,3,4);2*1H3,(H,3,4)/t2-;;;;/m0..../s1. The van der Waals surface area contributed by atoms with E-state index in [1.807, 2.05) is 0 Å². The van der Waals surface area contributed by atoms with E-state index < -0.39 is 23.9 Å². The lowest BCUT2D eigenvalue weighted by Gasteiger charge is -1.90. The van der Waals surface area contributed by atoms with E-state index in [9.17, 15) is 14.4 Å². The first-order valence-corrected chi connectivity index (χ1v) is 5.47. The molecule has 0 spiro atoms. The molecular formula is C11H25N3O8. The Balaban J connectivity index is -0.0000000555. The zero-order valence-electron chi connectivity index (χ0n) is 13.2. The fourth-order valence-electron chi connectivity index (χ4n) is 0. The molecule has 0 radical (unpaired) electrons. The van der Waals surface area contributed by atoms with Gasteiger partial charge in [-0.2, -0.15) is 0 Å². The second-order valence-corrected chi connectivity index (χ2v) is 3.39. The van der Waals surface area contributed by atoms with Crippen molar-refractivity contribution in [2.24, 2.45) is 17.2 Å². The molecule has 11 heteroatoms. The molecule has 0 bridgehead atoms. The van der Waals surface area contributed by atoms with Crippen molar-refractivity contribution in [1.29, 1.82) is 0 Å². The highest BCUT2D eigenvalue weighted by molar-refractivity contribution is 5.72. The van der Waals surface area contributed by atoms with Crippen LogP contribution in [0.4, 0.5) is 0 Å². The van der Waals surface area contributed by atoms with Crippen molar-refractivity contribution < 1.29 is 39.3 Å². The van der Waals surface area contributed by atoms with Crippen molar-refractivity contribution in [2.45, 2.75) is 40.7 Å². The third-order valence-electron chi connectivity index (χ3n) is 0.390. The molecule has 0 aromatic heterocycles. The van der Waals surface area contributed by atoms with Crippen LogP contribution in [0.15, 0.2) is 0 Å². The van der Waals surface area contributed by atoms with Crippen LogP contribution in [0.25, 0.3) is 0 Å². The summed E-state index contributed by atoms with van der Waals surface area (Å²) in [6.07, 6.45) is 0. The average molecular weight is 327 g/mol. The predicted octanol–water partition coefficient (Wildman–Crippen LogP) is -1.42. The van der Waals surface area contributed by atoms with E-state index in [1.165, 1.54) is 20.8 Å². The first kappa shape index (κ1) is 31.6. The zero-order valence-corrected chi connectivity index (χ0v) is 13.2. The van der Waals surface area contributed by atoms with Gasteiger partial charge in [0.15, 0.2) is 0 Å². The summed E-state index contributed by atoms with van der Waals surface area (Å²) in [4.78, 5) is 46.0. The van der Waals surface area contributed by atoms with E-state index in [-0.39, 0.29) is 11.8 Å². The third kappa shape index (κ3) is 2680. The summed E-state index contributed by atoms with van der Waals surface area (Å²) in [5, 5.41) is 22.7. The Bertz CT molecular complexity index is 278. The molecule has 0 aliphatic carbocycles. The maximum Gasteiger partial charge on any atom is 0.320 e. The maximum atomic E-state index is 9.57. The van der Waals surface area contributed by atoms with Crippen LogP contribution < -0.4 is 17.2 Å². The van der Waals surface area contributed by atoms with E-state index in [1.54, 1.807) is 0 Å². The molecule has 9 N–H and O–H groups in total. The molecule has 0 aromatic rings. The van der Waals surface area contributed by atoms with Crippen molar-refractivity contribution >= 4 is 29.7 Å². The normalized spacial score (nSPS) is 8.27. The van der Waals surface area contributed by atoms with Crippen molar-refractivity contribution in [3.8, 4) is 0 Å². The molecule has 0 heterocycles. The number of primary amides is 2. The minimum atomic E-state index is -0.963. The van der Waals surface area contributed by atoms with E-state index in [4.69, 9.17) is 30.6 Å². The molecule has 1 atom stereocenters. The van der Waals surface area contributed by atoms with Crippen molar-refractivity contribution in [2.75, 3.05) is 0 Å². The number of amides is 2. The molecule has 11 nitrogen and oxygen atoms in total. The first-order valence-electron chi connectivity index (χ1n) is 5.47. The minimum absolute atomic E-state index is 0.333. The van der Waals surface area contributed by atoms with Crippen LogP contribution in [-0.4, -0.2) is 51.1 Å². The van der Waals surface area contributed by atoms with Crippen LogP contribution in [0.3, 0.4) is 0 Å². The third-order valence-corrected chi connectivity index (χ3v) is 0.390. The highest BCUT2D eigenvalue weighted by atomic mass is 16.4. The SMILES string of the molecule is CC(=O)O.CC(=O)O.CC(N)=O.CC(N)=O.C[C@H](N)C(=O)O. The van der Waals surface area contributed by atoms with Crippen LogP contribution >= 0.6 is 0 Å². The number of rotatable bonds is 1. The Kier molecular flexibility index (Phi) is 33.6. The number of hydrogen-bond donors (Lipinski definition) is 6. The maximum absolute atomic E-state index is 9.57. The summed E-state index contributed by atoms with van der Waals surface area (Å²) in [6, 6.07) is -0.731. The summed E-state index contributed by atoms with van der Waals surface area (Å²) in [7, 11) is 0. The largest absolute Gasteiger partial charge is 0.481 e. The topological polar surface area (TPSA) is 224 Å². The van der Waals surface area contributed by atoms with Gasteiger partial charge in [0.1, 0.15) is 6.04 Å². The first-order chi connectivity index (χ1) is 9.57. The van der Waals surface area contributed by atoms with Crippen LogP contribution in [0.2, 0.25) is 0 Å². The van der Waals surface area contributed by atoms with Gasteiger partial charge in [-0.05, 0) is 6.92 Å². The van der Waals surface area contributed by atoms with E-state index in [2.05, 4.69) is 11.5 Å². The molecule has 0 aromatic carbocycles. The highest BCUT2D eigenvalue weighted by Crippen LogP contribution is 1.68. The van der Waals surface area contributed by atoms with E-state index in [0.717, 1.165) is 13.8 Å². The fraction of sp³-hybridized carbons (Fsp3) is 0.545.